The van der Waals surface area contributed by atoms with Crippen molar-refractivity contribution in [3.63, 3.8) is 0 Å². The van der Waals surface area contributed by atoms with Gasteiger partial charge in [-0.1, -0.05) is 29.8 Å². The van der Waals surface area contributed by atoms with E-state index in [2.05, 4.69) is 4.99 Å². The molecule has 0 aliphatic carbocycles. The molecule has 1 heterocycles. The molecule has 26 heavy (non-hydrogen) atoms. The summed E-state index contributed by atoms with van der Waals surface area (Å²) >= 11 is 1.35. The Morgan fingerprint density at radius 2 is 1.88 bits per heavy atom. The Balaban J connectivity index is 1.78. The van der Waals surface area contributed by atoms with Crippen LogP contribution < -0.4 is 4.74 Å². The number of aliphatic imine (C=N–C) groups is 1. The third-order valence-electron chi connectivity index (χ3n) is 3.74. The maximum atomic E-state index is 12.5. The molecule has 3 rings (SSSR count). The average Bonchev–Trinajstić information content (AvgIpc) is 2.91. The van der Waals surface area contributed by atoms with E-state index in [0.29, 0.717) is 15.8 Å². The summed E-state index contributed by atoms with van der Waals surface area (Å²) in [7, 11) is 1.72. The Hall–Kier alpha value is -3.04. The maximum absolute atomic E-state index is 12.5. The molecule has 1 aliphatic heterocycles. The SMILES string of the molecule is Cc1ccc(N=C2S/C(=C/c3ccc(OCC#N)cc3)C(=O)N2C)cc1. The van der Waals surface area contributed by atoms with E-state index in [4.69, 9.17) is 10.00 Å². The maximum Gasteiger partial charge on any atom is 0.266 e. The first kappa shape index (κ1) is 17.8. The number of amides is 1. The molecule has 0 N–H and O–H groups in total. The molecule has 0 atom stereocenters. The van der Waals surface area contributed by atoms with Crippen LogP contribution in [0.15, 0.2) is 58.4 Å². The van der Waals surface area contributed by atoms with Gasteiger partial charge in [-0.2, -0.15) is 5.26 Å². The number of hydrogen-bond donors (Lipinski definition) is 0. The van der Waals surface area contributed by atoms with Crippen LogP contribution in [0.1, 0.15) is 11.1 Å². The fourth-order valence-corrected chi connectivity index (χ4v) is 3.30. The highest BCUT2D eigenvalue weighted by molar-refractivity contribution is 8.18. The molecule has 5 nitrogen and oxygen atoms in total. The van der Waals surface area contributed by atoms with Crippen LogP contribution in [0.4, 0.5) is 5.69 Å². The Bertz CT molecular complexity index is 910. The summed E-state index contributed by atoms with van der Waals surface area (Å²) in [5.41, 5.74) is 2.87. The number of amidine groups is 1. The number of nitriles is 1. The van der Waals surface area contributed by atoms with Crippen molar-refractivity contribution < 1.29 is 9.53 Å². The lowest BCUT2D eigenvalue weighted by molar-refractivity contribution is -0.121. The molecule has 1 saturated heterocycles. The molecule has 6 heteroatoms. The van der Waals surface area contributed by atoms with E-state index in [1.165, 1.54) is 17.3 Å². The third-order valence-corrected chi connectivity index (χ3v) is 4.80. The smallest absolute Gasteiger partial charge is 0.266 e. The van der Waals surface area contributed by atoms with E-state index >= 15 is 0 Å². The second-order valence-corrected chi connectivity index (χ2v) is 6.73. The highest BCUT2D eigenvalue weighted by Gasteiger charge is 2.30. The molecule has 1 amide bonds. The normalized spacial score (nSPS) is 17.0. The van der Waals surface area contributed by atoms with E-state index < -0.39 is 0 Å². The highest BCUT2D eigenvalue weighted by atomic mass is 32.2. The summed E-state index contributed by atoms with van der Waals surface area (Å²) in [5, 5.41) is 9.18. The Morgan fingerprint density at radius 1 is 1.19 bits per heavy atom. The van der Waals surface area contributed by atoms with Crippen LogP contribution in [0.5, 0.6) is 5.75 Å². The van der Waals surface area contributed by atoms with Gasteiger partial charge in [-0.05, 0) is 54.6 Å². The van der Waals surface area contributed by atoms with Gasteiger partial charge in [-0.15, -0.1) is 0 Å². The number of ether oxygens (including phenoxy) is 1. The number of rotatable bonds is 4. The summed E-state index contributed by atoms with van der Waals surface area (Å²) in [5.74, 6) is 0.545. The van der Waals surface area contributed by atoms with Crippen molar-refractivity contribution in [3.8, 4) is 11.8 Å². The summed E-state index contributed by atoms with van der Waals surface area (Å²) in [6.45, 7) is 2.03. The van der Waals surface area contributed by atoms with Gasteiger partial charge in [0.25, 0.3) is 5.91 Å². The van der Waals surface area contributed by atoms with E-state index in [-0.39, 0.29) is 12.5 Å². The molecule has 1 fully saturated rings. The molecule has 0 saturated carbocycles. The minimum Gasteiger partial charge on any atom is -0.479 e. The van der Waals surface area contributed by atoms with Gasteiger partial charge in [-0.3, -0.25) is 9.69 Å². The fraction of sp³-hybridized carbons (Fsp3) is 0.150. The summed E-state index contributed by atoms with van der Waals surface area (Å²) in [6.07, 6.45) is 1.83. The van der Waals surface area contributed by atoms with Gasteiger partial charge >= 0.3 is 0 Å². The van der Waals surface area contributed by atoms with Crippen LogP contribution in [-0.4, -0.2) is 29.6 Å². The summed E-state index contributed by atoms with van der Waals surface area (Å²) in [4.78, 5) is 19.2. The molecule has 0 spiro atoms. The molecule has 130 valence electrons. The van der Waals surface area contributed by atoms with Gasteiger partial charge < -0.3 is 4.74 Å². The average molecular weight is 363 g/mol. The molecule has 2 aromatic rings. The molecule has 1 aliphatic rings. The minimum atomic E-state index is -0.0781. The van der Waals surface area contributed by atoms with Gasteiger partial charge in [0.1, 0.15) is 11.8 Å². The lowest BCUT2D eigenvalue weighted by Gasteiger charge is -2.07. The van der Waals surface area contributed by atoms with Crippen molar-refractivity contribution in [2.75, 3.05) is 13.7 Å². The molecule has 0 aromatic heterocycles. The van der Waals surface area contributed by atoms with E-state index in [9.17, 15) is 4.79 Å². The van der Waals surface area contributed by atoms with Gasteiger partial charge in [0.2, 0.25) is 0 Å². The molecule has 0 unspecified atom stereocenters. The first-order valence-corrected chi connectivity index (χ1v) is 8.81. The zero-order valence-corrected chi connectivity index (χ0v) is 15.3. The molecular formula is C20H17N3O2S. The van der Waals surface area contributed by atoms with Crippen LogP contribution in [0, 0.1) is 18.3 Å². The van der Waals surface area contributed by atoms with Crippen molar-refractivity contribution in [3.05, 3.63) is 64.6 Å². The third kappa shape index (κ3) is 4.13. The second kappa shape index (κ2) is 7.89. The summed E-state index contributed by atoms with van der Waals surface area (Å²) in [6, 6.07) is 17.0. The van der Waals surface area contributed by atoms with Crippen molar-refractivity contribution in [1.82, 2.24) is 4.90 Å². The molecule has 0 bridgehead atoms. The van der Waals surface area contributed by atoms with E-state index in [0.717, 1.165) is 11.3 Å². The van der Waals surface area contributed by atoms with E-state index in [1.54, 1.807) is 24.1 Å². The first-order chi connectivity index (χ1) is 12.6. The van der Waals surface area contributed by atoms with Crippen LogP contribution in [0.3, 0.4) is 0 Å². The first-order valence-electron chi connectivity index (χ1n) is 7.99. The number of carbonyl (C=O) groups excluding carboxylic acids is 1. The predicted octanol–water partition coefficient (Wildman–Crippen LogP) is 4.13. The summed E-state index contributed by atoms with van der Waals surface area (Å²) < 4.78 is 5.23. The largest absolute Gasteiger partial charge is 0.479 e. The predicted molar refractivity (Wildman–Crippen MR) is 104 cm³/mol. The number of nitrogens with zero attached hydrogens (tertiary/aromatic N) is 3. The minimum absolute atomic E-state index is 0.0123. The van der Waals surface area contributed by atoms with Crippen molar-refractivity contribution >= 4 is 34.6 Å². The number of hydrogen-bond acceptors (Lipinski definition) is 5. The topological polar surface area (TPSA) is 65.7 Å². The Kier molecular flexibility index (Phi) is 5.40. The Labute approximate surface area is 156 Å². The molecular weight excluding hydrogens is 346 g/mol. The fourth-order valence-electron chi connectivity index (χ4n) is 2.31. The highest BCUT2D eigenvalue weighted by Crippen LogP contribution is 2.33. The number of benzene rings is 2. The van der Waals surface area contributed by atoms with Gasteiger partial charge in [0, 0.05) is 7.05 Å². The number of carbonyl (C=O) groups is 1. The van der Waals surface area contributed by atoms with Gasteiger partial charge in [-0.25, -0.2) is 4.99 Å². The van der Waals surface area contributed by atoms with Gasteiger partial charge in [0.05, 0.1) is 10.6 Å². The molecule has 0 radical (unpaired) electrons. The van der Waals surface area contributed by atoms with Crippen LogP contribution >= 0.6 is 11.8 Å². The monoisotopic (exact) mass is 363 g/mol. The number of thioether (sulfide) groups is 1. The van der Waals surface area contributed by atoms with Crippen LogP contribution in [0.2, 0.25) is 0 Å². The quantitative estimate of drug-likeness (QED) is 0.766. The standard InChI is InChI=1S/C20H17N3O2S/c1-14-3-7-16(8-4-14)22-20-23(2)19(24)18(26-20)13-15-5-9-17(10-6-15)25-12-11-21/h3-10,13H,12H2,1-2H3/b18-13+,22-20?. The lowest BCUT2D eigenvalue weighted by Crippen LogP contribution is -2.23. The zero-order chi connectivity index (χ0) is 18.5. The molecule has 2 aromatic carbocycles. The van der Waals surface area contributed by atoms with Crippen molar-refractivity contribution in [2.24, 2.45) is 4.99 Å². The second-order valence-electron chi connectivity index (χ2n) is 5.72. The lowest BCUT2D eigenvalue weighted by atomic mass is 10.2. The van der Waals surface area contributed by atoms with Crippen molar-refractivity contribution in [1.29, 1.82) is 5.26 Å². The van der Waals surface area contributed by atoms with Crippen LogP contribution in [-0.2, 0) is 4.79 Å². The van der Waals surface area contributed by atoms with Crippen LogP contribution in [0.25, 0.3) is 6.08 Å². The zero-order valence-electron chi connectivity index (χ0n) is 14.5. The van der Waals surface area contributed by atoms with Crippen molar-refractivity contribution in [2.45, 2.75) is 6.92 Å². The Morgan fingerprint density at radius 3 is 2.54 bits per heavy atom. The van der Waals surface area contributed by atoms with Gasteiger partial charge in [0.15, 0.2) is 11.8 Å². The number of likely N-dealkylation sites (N-methyl/N-ethyl adjacent to an activating group) is 1. The number of aryl methyl sites for hydroxylation is 1. The van der Waals surface area contributed by atoms with E-state index in [1.807, 2.05) is 55.5 Å².